The number of urea groups is 1. The predicted octanol–water partition coefficient (Wildman–Crippen LogP) is 1.73. The summed E-state index contributed by atoms with van der Waals surface area (Å²) in [5.74, 6) is 1.03. The maximum absolute atomic E-state index is 14.6. The van der Waals surface area contributed by atoms with Crippen molar-refractivity contribution in [2.45, 2.75) is 95.5 Å². The number of fused-ring (bicyclic) bond motifs is 2. The van der Waals surface area contributed by atoms with Crippen molar-refractivity contribution in [1.29, 1.82) is 0 Å². The third-order valence-electron chi connectivity index (χ3n) is 12.3. The molecule has 9 amide bonds. The van der Waals surface area contributed by atoms with Crippen molar-refractivity contribution in [3.63, 3.8) is 0 Å². The number of H-pyrrole nitrogens is 2. The van der Waals surface area contributed by atoms with Crippen molar-refractivity contribution in [3.8, 4) is 11.8 Å². The Bertz CT molecular complexity index is 2850. The normalized spacial score (nSPS) is 20.8. The average Bonchev–Trinajstić information content (AvgIpc) is 3.98. The minimum absolute atomic E-state index is 0.0284. The molecular weight excluding hydrogens is 933 g/mol. The molecule has 3 heterocycles. The maximum atomic E-state index is 14.6. The monoisotopic (exact) mass is 996 g/mol. The summed E-state index contributed by atoms with van der Waals surface area (Å²) < 4.78 is 0. The first-order chi connectivity index (χ1) is 35.1. The predicted molar refractivity (Wildman–Crippen MR) is 275 cm³/mol. The van der Waals surface area contributed by atoms with Crippen molar-refractivity contribution in [3.05, 3.63) is 121 Å². The van der Waals surface area contributed by atoms with Gasteiger partial charge in [-0.25, -0.2) is 9.80 Å². The fourth-order valence-corrected chi connectivity index (χ4v) is 8.42. The molecule has 0 fully saturated rings. The van der Waals surface area contributed by atoms with Gasteiger partial charge in [0.1, 0.15) is 42.8 Å². The summed E-state index contributed by atoms with van der Waals surface area (Å²) in [6, 6.07) is 15.5. The van der Waals surface area contributed by atoms with Crippen LogP contribution in [-0.2, 0) is 52.8 Å². The highest BCUT2D eigenvalue weighted by molar-refractivity contribution is 5.97. The number of nitrogens with two attached hydrogens (primary N) is 1. The molecule has 6 atom stereocenters. The van der Waals surface area contributed by atoms with E-state index in [-0.39, 0.29) is 38.8 Å². The van der Waals surface area contributed by atoms with Crippen molar-refractivity contribution in [2.24, 2.45) is 5.73 Å². The molecule has 20 nitrogen and oxygen atoms in total. The first kappa shape index (κ1) is 53.9. The molecule has 0 spiro atoms. The summed E-state index contributed by atoms with van der Waals surface area (Å²) >= 11 is 0. The van der Waals surface area contributed by atoms with Gasteiger partial charge in [-0.05, 0) is 68.5 Å². The number of carbonyl (C=O) groups is 8. The molecular formula is C53H64N12O8. The highest BCUT2D eigenvalue weighted by Gasteiger charge is 2.33. The van der Waals surface area contributed by atoms with Gasteiger partial charge in [0.2, 0.25) is 35.4 Å². The summed E-state index contributed by atoms with van der Waals surface area (Å²) in [5, 5.41) is 18.8. The standard InChI is InChI=1S/C53H64N12O8/c1-5-24-64-25-14-13-23-43(47(54)67)59-51(71)44(28-36-17-7-6-8-18-36)61-52(72)45(29-37-31-55-41-21-11-9-19-39(37)41)60-48(68)33(2)58-50(70)46(30-38-32-56-42-22-12-10-20-40(38)42)62-53(73)65(27-16-15-26-64)63-49(69)34(3)57-35(4)66/h5-12,17-22,31-34,43-46,55-56H,1,13-14,23-30H2,2-4H3,(H2,54,67)(H,57,66)(H,58,70)(H,59,71)(H,60,68)(H,61,72)(H,62,73)(H,63,69)/t33-,34-,43?,44+,45-,46+/m0/s1. The molecule has 3 aromatic carbocycles. The highest BCUT2D eigenvalue weighted by Crippen LogP contribution is 2.21. The quantitative estimate of drug-likeness (QED) is 0.0643. The molecule has 2 aromatic heterocycles. The van der Waals surface area contributed by atoms with Crippen LogP contribution < -0.4 is 43.1 Å². The fraction of sp³-hybridized carbons (Fsp3) is 0.358. The number of aromatic amines is 2. The number of para-hydroxylation sites is 2. The van der Waals surface area contributed by atoms with Gasteiger partial charge in [0.05, 0.1) is 6.54 Å². The summed E-state index contributed by atoms with van der Waals surface area (Å²) in [4.78, 5) is 118. The smallest absolute Gasteiger partial charge is 0.337 e. The zero-order chi connectivity index (χ0) is 52.4. The number of hydrogen-bond donors (Lipinski definition) is 10. The van der Waals surface area contributed by atoms with Crippen molar-refractivity contribution in [2.75, 3.05) is 26.2 Å². The van der Waals surface area contributed by atoms with Crippen LogP contribution in [0.1, 0.15) is 56.7 Å². The number of nitrogens with one attached hydrogen (secondary N) is 9. The second-order valence-corrected chi connectivity index (χ2v) is 18.0. The fourth-order valence-electron chi connectivity index (χ4n) is 8.42. The molecule has 384 valence electrons. The Morgan fingerprint density at radius 2 is 1.27 bits per heavy atom. The van der Waals surface area contributed by atoms with Crippen LogP contribution >= 0.6 is 0 Å². The van der Waals surface area contributed by atoms with Gasteiger partial charge in [0, 0.05) is 66.9 Å². The second-order valence-electron chi connectivity index (χ2n) is 18.0. The lowest BCUT2D eigenvalue weighted by atomic mass is 10.0. The number of aromatic nitrogens is 2. The minimum Gasteiger partial charge on any atom is -0.368 e. The largest absolute Gasteiger partial charge is 0.368 e. The lowest BCUT2D eigenvalue weighted by Gasteiger charge is -2.27. The first-order valence-electron chi connectivity index (χ1n) is 24.2. The molecule has 0 saturated heterocycles. The number of rotatable bonds is 12. The van der Waals surface area contributed by atoms with Crippen LogP contribution in [0.4, 0.5) is 4.79 Å². The van der Waals surface area contributed by atoms with E-state index in [9.17, 15) is 38.4 Å². The number of hydrogen-bond acceptors (Lipinski definition) is 9. The van der Waals surface area contributed by atoms with Crippen LogP contribution in [0, 0.1) is 11.8 Å². The minimum atomic E-state index is -1.36. The zero-order valence-electron chi connectivity index (χ0n) is 41.2. The van der Waals surface area contributed by atoms with E-state index < -0.39 is 83.6 Å². The molecule has 5 aromatic rings. The van der Waals surface area contributed by atoms with Crippen molar-refractivity contribution < 1.29 is 38.4 Å². The number of nitrogens with zero attached hydrogens (tertiary/aromatic N) is 2. The average molecular weight is 997 g/mol. The summed E-state index contributed by atoms with van der Waals surface area (Å²) in [7, 11) is 0. The zero-order valence-corrected chi connectivity index (χ0v) is 41.2. The Morgan fingerprint density at radius 1 is 0.726 bits per heavy atom. The van der Waals surface area contributed by atoms with Crippen molar-refractivity contribution >= 4 is 69.2 Å². The Labute approximate surface area is 423 Å². The number of hydrazine groups is 1. The van der Waals surface area contributed by atoms with E-state index in [2.05, 4.69) is 65.7 Å². The SMILES string of the molecule is C=CCN1CC#CCN(NC(=O)[C@H](C)NC(C)=O)C(=O)N[C@H](Cc2c[nH]c3ccccc23)C(=O)N[C@@H](C)C(=O)N[C@@H](Cc2c[nH]c3ccccc23)C(=O)N[C@H](Cc2ccccc2)C(=O)NC(C(N)=O)CCCC1. The van der Waals surface area contributed by atoms with E-state index in [0.717, 1.165) is 26.8 Å². The second kappa shape index (κ2) is 26.1. The van der Waals surface area contributed by atoms with E-state index in [4.69, 9.17) is 5.73 Å². The van der Waals surface area contributed by atoms with Gasteiger partial charge < -0.3 is 47.6 Å². The number of amides is 9. The molecule has 20 heteroatoms. The molecule has 0 bridgehead atoms. The van der Waals surface area contributed by atoms with Crippen LogP contribution in [0.5, 0.6) is 0 Å². The number of carbonyl (C=O) groups excluding carboxylic acids is 8. The van der Waals surface area contributed by atoms with Gasteiger partial charge >= 0.3 is 6.03 Å². The molecule has 1 aliphatic rings. The van der Waals surface area contributed by atoms with Gasteiger partial charge in [-0.2, -0.15) is 0 Å². The van der Waals surface area contributed by atoms with Gasteiger partial charge in [0.15, 0.2) is 0 Å². The summed E-state index contributed by atoms with van der Waals surface area (Å²) in [5.41, 5.74) is 11.9. The van der Waals surface area contributed by atoms with E-state index >= 15 is 0 Å². The van der Waals surface area contributed by atoms with Crippen LogP contribution in [0.15, 0.2) is 104 Å². The van der Waals surface area contributed by atoms with E-state index in [1.54, 1.807) is 42.7 Å². The third kappa shape index (κ3) is 15.5. The van der Waals surface area contributed by atoms with Gasteiger partial charge in [-0.15, -0.1) is 6.58 Å². The maximum Gasteiger partial charge on any atom is 0.337 e. The Hall–Kier alpha value is -8.44. The van der Waals surface area contributed by atoms with E-state index in [1.807, 2.05) is 59.5 Å². The van der Waals surface area contributed by atoms with Crippen LogP contribution in [0.2, 0.25) is 0 Å². The first-order valence-corrected chi connectivity index (χ1v) is 24.2. The van der Waals surface area contributed by atoms with Crippen molar-refractivity contribution in [1.82, 2.24) is 57.2 Å². The Morgan fingerprint density at radius 3 is 1.89 bits per heavy atom. The Balaban J connectivity index is 1.36. The molecule has 6 rings (SSSR count). The number of primary amides is 1. The molecule has 0 aliphatic carbocycles. The van der Waals surface area contributed by atoms with E-state index in [0.29, 0.717) is 42.6 Å². The van der Waals surface area contributed by atoms with Crippen LogP contribution in [0.3, 0.4) is 0 Å². The molecule has 11 N–H and O–H groups in total. The molecule has 0 saturated carbocycles. The Kier molecular flexibility index (Phi) is 19.3. The molecule has 1 aliphatic heterocycles. The topological polar surface area (TPSA) is 285 Å². The van der Waals surface area contributed by atoms with Crippen LogP contribution in [-0.4, -0.2) is 130 Å². The summed E-state index contributed by atoms with van der Waals surface area (Å²) in [6.07, 6.45) is 6.24. The summed E-state index contributed by atoms with van der Waals surface area (Å²) in [6.45, 7) is 8.74. The van der Waals surface area contributed by atoms with E-state index in [1.165, 1.54) is 20.8 Å². The molecule has 1 unspecified atom stereocenters. The molecule has 0 radical (unpaired) electrons. The highest BCUT2D eigenvalue weighted by atomic mass is 16.2. The van der Waals surface area contributed by atoms with Gasteiger partial charge in [0.25, 0.3) is 5.91 Å². The van der Waals surface area contributed by atoms with Gasteiger partial charge in [-0.1, -0.05) is 84.6 Å². The molecule has 73 heavy (non-hydrogen) atoms. The third-order valence-corrected chi connectivity index (χ3v) is 12.3. The van der Waals surface area contributed by atoms with Crippen LogP contribution in [0.25, 0.3) is 21.8 Å². The van der Waals surface area contributed by atoms with Gasteiger partial charge in [-0.3, -0.25) is 43.9 Å². The lowest BCUT2D eigenvalue weighted by Crippen LogP contribution is -2.61. The number of benzene rings is 3. The lowest BCUT2D eigenvalue weighted by molar-refractivity contribution is -0.134.